The average molecular weight is 437 g/mol. The van der Waals surface area contributed by atoms with Crippen molar-refractivity contribution in [1.82, 2.24) is 14.4 Å². The van der Waals surface area contributed by atoms with Crippen molar-refractivity contribution in [1.29, 1.82) is 0 Å². The summed E-state index contributed by atoms with van der Waals surface area (Å²) in [6.07, 6.45) is 5.51. The molecule has 0 unspecified atom stereocenters. The van der Waals surface area contributed by atoms with Gasteiger partial charge in [-0.3, -0.25) is 4.79 Å². The van der Waals surface area contributed by atoms with Gasteiger partial charge in [0, 0.05) is 23.1 Å². The molecule has 7 heteroatoms. The Morgan fingerprint density at radius 2 is 2.04 bits per heavy atom. The topological polar surface area (TPSA) is 68.5 Å². The molecule has 1 amide bonds. The van der Waals surface area contributed by atoms with Crippen LogP contribution in [0.5, 0.6) is 5.75 Å². The Bertz CT molecular complexity index is 1140. The second-order valence-corrected chi connectivity index (χ2v) is 7.17. The molecule has 4 rings (SSSR count). The van der Waals surface area contributed by atoms with Gasteiger partial charge >= 0.3 is 0 Å². The van der Waals surface area contributed by atoms with Gasteiger partial charge in [0.05, 0.1) is 11.3 Å². The Labute approximate surface area is 170 Å². The number of nitrogens with one attached hydrogen (secondary N) is 1. The molecule has 3 aromatic heterocycles. The van der Waals surface area contributed by atoms with Crippen LogP contribution in [0.3, 0.4) is 0 Å². The summed E-state index contributed by atoms with van der Waals surface area (Å²) < 4.78 is 8.71. The number of halogens is 1. The summed E-state index contributed by atoms with van der Waals surface area (Å²) in [6, 6.07) is 14.7. The highest BCUT2D eigenvalue weighted by atomic mass is 79.9. The van der Waals surface area contributed by atoms with E-state index in [0.717, 1.165) is 21.4 Å². The summed E-state index contributed by atoms with van der Waals surface area (Å²) in [5, 5.41) is 2.78. The predicted molar refractivity (Wildman–Crippen MR) is 111 cm³/mol. The van der Waals surface area contributed by atoms with Crippen LogP contribution in [0.4, 0.5) is 5.82 Å². The van der Waals surface area contributed by atoms with Gasteiger partial charge < -0.3 is 14.5 Å². The van der Waals surface area contributed by atoms with E-state index >= 15 is 0 Å². The van der Waals surface area contributed by atoms with Crippen molar-refractivity contribution in [3.63, 3.8) is 0 Å². The summed E-state index contributed by atoms with van der Waals surface area (Å²) in [5.41, 5.74) is 3.22. The highest BCUT2D eigenvalue weighted by Gasteiger charge is 2.14. The Morgan fingerprint density at radius 3 is 2.82 bits per heavy atom. The normalized spacial score (nSPS) is 10.8. The molecule has 0 aliphatic carbocycles. The monoisotopic (exact) mass is 436 g/mol. The molecule has 1 aromatic carbocycles. The molecule has 6 nitrogen and oxygen atoms in total. The van der Waals surface area contributed by atoms with Gasteiger partial charge in [-0.25, -0.2) is 9.97 Å². The largest absolute Gasteiger partial charge is 0.486 e. The van der Waals surface area contributed by atoms with Gasteiger partial charge in [-0.2, -0.15) is 0 Å². The van der Waals surface area contributed by atoms with E-state index in [-0.39, 0.29) is 12.5 Å². The Hall–Kier alpha value is -3.19. The maximum Gasteiger partial charge on any atom is 0.260 e. The molecular formula is C21H17BrN4O2. The van der Waals surface area contributed by atoms with Crippen LogP contribution in [-0.4, -0.2) is 20.3 Å². The van der Waals surface area contributed by atoms with E-state index in [9.17, 15) is 4.79 Å². The molecule has 3 heterocycles. The number of hydrogen-bond donors (Lipinski definition) is 1. The van der Waals surface area contributed by atoms with Crippen molar-refractivity contribution in [2.45, 2.75) is 13.5 Å². The van der Waals surface area contributed by atoms with Crippen LogP contribution in [0.15, 0.2) is 71.6 Å². The molecule has 0 radical (unpaired) electrons. The van der Waals surface area contributed by atoms with Gasteiger partial charge in [-0.15, -0.1) is 0 Å². The average Bonchev–Trinajstić information content (AvgIpc) is 3.13. The van der Waals surface area contributed by atoms with Crippen LogP contribution >= 0.6 is 15.9 Å². The Morgan fingerprint density at radius 1 is 1.18 bits per heavy atom. The zero-order chi connectivity index (χ0) is 19.5. The number of para-hydroxylation sites is 1. The third-order valence-corrected chi connectivity index (χ3v) is 4.67. The number of nitrogens with zero attached hydrogens (tertiary/aromatic N) is 3. The zero-order valence-electron chi connectivity index (χ0n) is 15.1. The number of anilines is 1. The smallest absolute Gasteiger partial charge is 0.260 e. The number of fused-ring (bicyclic) bond motifs is 1. The van der Waals surface area contributed by atoms with Crippen molar-refractivity contribution in [2.75, 3.05) is 5.32 Å². The SMILES string of the molecule is Cc1cccn2cc(COc3ccccc3C(=O)Nc3ccc(Br)cn3)nc12. The number of amides is 1. The maximum atomic E-state index is 12.7. The molecule has 0 saturated carbocycles. The van der Waals surface area contributed by atoms with Gasteiger partial charge in [-0.05, 0) is 58.7 Å². The number of ether oxygens (including phenoxy) is 1. The first-order valence-electron chi connectivity index (χ1n) is 8.68. The number of rotatable bonds is 5. The molecule has 4 aromatic rings. The molecule has 0 aliphatic heterocycles. The maximum absolute atomic E-state index is 12.7. The van der Waals surface area contributed by atoms with Crippen molar-refractivity contribution in [3.05, 3.63) is 88.4 Å². The first-order chi connectivity index (χ1) is 13.6. The van der Waals surface area contributed by atoms with Crippen LogP contribution in [-0.2, 0) is 6.61 Å². The number of aryl methyl sites for hydroxylation is 1. The number of pyridine rings is 2. The number of imidazole rings is 1. The lowest BCUT2D eigenvalue weighted by Gasteiger charge is -2.10. The number of aromatic nitrogens is 3. The lowest BCUT2D eigenvalue weighted by Crippen LogP contribution is -2.14. The molecule has 0 fully saturated rings. The Kier molecular flexibility index (Phi) is 5.08. The second kappa shape index (κ2) is 7.82. The number of carbonyl (C=O) groups excluding carboxylic acids is 1. The summed E-state index contributed by atoms with van der Waals surface area (Å²) in [4.78, 5) is 21.4. The number of hydrogen-bond acceptors (Lipinski definition) is 4. The third-order valence-electron chi connectivity index (χ3n) is 4.20. The van der Waals surface area contributed by atoms with Gasteiger partial charge in [0.1, 0.15) is 23.8 Å². The van der Waals surface area contributed by atoms with E-state index in [2.05, 4.69) is 31.2 Å². The zero-order valence-corrected chi connectivity index (χ0v) is 16.7. The molecule has 0 bridgehead atoms. The van der Waals surface area contributed by atoms with E-state index in [4.69, 9.17) is 4.74 Å². The fourth-order valence-electron chi connectivity index (χ4n) is 2.84. The first kappa shape index (κ1) is 18.2. The first-order valence-corrected chi connectivity index (χ1v) is 9.47. The standard InChI is InChI=1S/C21H17BrN4O2/c1-14-5-4-10-26-12-16(24-20(14)26)13-28-18-7-3-2-6-17(18)21(27)25-19-9-8-15(22)11-23-19/h2-12H,13H2,1H3,(H,23,25,27). The quantitative estimate of drug-likeness (QED) is 0.494. The summed E-state index contributed by atoms with van der Waals surface area (Å²) in [5.74, 6) is 0.681. The highest BCUT2D eigenvalue weighted by Crippen LogP contribution is 2.21. The van der Waals surface area contributed by atoms with Gasteiger partial charge in [0.15, 0.2) is 0 Å². The Balaban J connectivity index is 1.51. The molecule has 1 N–H and O–H groups in total. The second-order valence-electron chi connectivity index (χ2n) is 6.25. The lowest BCUT2D eigenvalue weighted by molar-refractivity contribution is 0.102. The van der Waals surface area contributed by atoms with Gasteiger partial charge in [0.2, 0.25) is 0 Å². The van der Waals surface area contributed by atoms with E-state index in [1.165, 1.54) is 0 Å². The minimum Gasteiger partial charge on any atom is -0.486 e. The molecule has 0 saturated heterocycles. The highest BCUT2D eigenvalue weighted by molar-refractivity contribution is 9.10. The predicted octanol–water partition coefficient (Wildman–Crippen LogP) is 4.63. The van der Waals surface area contributed by atoms with Crippen molar-refractivity contribution in [3.8, 4) is 5.75 Å². The van der Waals surface area contributed by atoms with E-state index in [1.54, 1.807) is 30.5 Å². The molecule has 0 spiro atoms. The summed E-state index contributed by atoms with van der Waals surface area (Å²) in [6.45, 7) is 2.28. The molecule has 28 heavy (non-hydrogen) atoms. The van der Waals surface area contributed by atoms with Crippen LogP contribution in [0.25, 0.3) is 5.65 Å². The fraction of sp³-hybridized carbons (Fsp3) is 0.0952. The number of carbonyl (C=O) groups is 1. The van der Waals surface area contributed by atoms with Gasteiger partial charge in [-0.1, -0.05) is 18.2 Å². The van der Waals surface area contributed by atoms with E-state index < -0.39 is 0 Å². The molecule has 0 atom stereocenters. The van der Waals surface area contributed by atoms with Crippen molar-refractivity contribution < 1.29 is 9.53 Å². The van der Waals surface area contributed by atoms with Crippen LogP contribution < -0.4 is 10.1 Å². The molecule has 0 aliphatic rings. The van der Waals surface area contributed by atoms with Crippen molar-refractivity contribution >= 4 is 33.3 Å². The molecule has 140 valence electrons. The number of benzene rings is 1. The van der Waals surface area contributed by atoms with Gasteiger partial charge in [0.25, 0.3) is 5.91 Å². The third kappa shape index (κ3) is 3.89. The molecular weight excluding hydrogens is 420 g/mol. The van der Waals surface area contributed by atoms with Crippen LogP contribution in [0, 0.1) is 6.92 Å². The van der Waals surface area contributed by atoms with Crippen LogP contribution in [0.1, 0.15) is 21.6 Å². The summed E-state index contributed by atoms with van der Waals surface area (Å²) >= 11 is 3.33. The van der Waals surface area contributed by atoms with Crippen molar-refractivity contribution in [2.24, 2.45) is 0 Å². The fourth-order valence-corrected chi connectivity index (χ4v) is 3.07. The lowest BCUT2D eigenvalue weighted by atomic mass is 10.2. The van der Waals surface area contributed by atoms with E-state index in [0.29, 0.717) is 17.1 Å². The summed E-state index contributed by atoms with van der Waals surface area (Å²) in [7, 11) is 0. The minimum atomic E-state index is -0.281. The van der Waals surface area contributed by atoms with Crippen LogP contribution in [0.2, 0.25) is 0 Å². The minimum absolute atomic E-state index is 0.266. The van der Waals surface area contributed by atoms with E-state index in [1.807, 2.05) is 48.0 Å².